The fourth-order valence-corrected chi connectivity index (χ4v) is 4.50. The fraction of sp³-hybridized carbons (Fsp3) is 1.00. The van der Waals surface area contributed by atoms with Crippen molar-refractivity contribution in [2.24, 2.45) is 40.9 Å². The van der Waals surface area contributed by atoms with E-state index < -0.39 is 0 Å². The van der Waals surface area contributed by atoms with Crippen LogP contribution in [0.1, 0.15) is 47.0 Å². The second-order valence-electron chi connectivity index (χ2n) is 6.78. The monoisotopic (exact) mass is 192 g/mol. The van der Waals surface area contributed by atoms with Gasteiger partial charge in [-0.25, -0.2) is 0 Å². The zero-order chi connectivity index (χ0) is 10.1. The molecule has 0 bridgehead atoms. The van der Waals surface area contributed by atoms with Gasteiger partial charge < -0.3 is 0 Å². The van der Waals surface area contributed by atoms with Crippen molar-refractivity contribution in [2.45, 2.75) is 47.0 Å². The van der Waals surface area contributed by atoms with Crippen LogP contribution in [0, 0.1) is 40.9 Å². The summed E-state index contributed by atoms with van der Waals surface area (Å²) in [5, 5.41) is 0. The van der Waals surface area contributed by atoms with Crippen molar-refractivity contribution in [2.75, 3.05) is 0 Å². The van der Waals surface area contributed by atoms with Gasteiger partial charge in [-0.3, -0.25) is 0 Å². The standard InChI is InChI=1S/C14H24/c1-8(2)9(3)13-12-7-11(10-5-6-10)14(12,13)4/h8-13H,5-7H2,1-4H3. The number of rotatable bonds is 3. The first-order chi connectivity index (χ1) is 6.56. The van der Waals surface area contributed by atoms with E-state index in [1.165, 1.54) is 0 Å². The molecule has 0 radical (unpaired) electrons. The molecule has 5 unspecified atom stereocenters. The van der Waals surface area contributed by atoms with Crippen molar-refractivity contribution in [3.8, 4) is 0 Å². The van der Waals surface area contributed by atoms with Crippen LogP contribution in [0.5, 0.6) is 0 Å². The molecule has 0 saturated heterocycles. The van der Waals surface area contributed by atoms with Gasteiger partial charge in [0.25, 0.3) is 0 Å². The van der Waals surface area contributed by atoms with Crippen LogP contribution in [-0.2, 0) is 0 Å². The van der Waals surface area contributed by atoms with Crippen molar-refractivity contribution < 1.29 is 0 Å². The van der Waals surface area contributed by atoms with E-state index in [9.17, 15) is 0 Å². The summed E-state index contributed by atoms with van der Waals surface area (Å²) < 4.78 is 0. The van der Waals surface area contributed by atoms with Crippen molar-refractivity contribution in [3.05, 3.63) is 0 Å². The first-order valence-electron chi connectivity index (χ1n) is 6.56. The van der Waals surface area contributed by atoms with Crippen molar-refractivity contribution in [1.29, 1.82) is 0 Å². The molecule has 0 amide bonds. The smallest absolute Gasteiger partial charge is 0.0230 e. The number of hydrogen-bond donors (Lipinski definition) is 0. The van der Waals surface area contributed by atoms with Crippen LogP contribution < -0.4 is 0 Å². The van der Waals surface area contributed by atoms with Crippen LogP contribution in [0.4, 0.5) is 0 Å². The van der Waals surface area contributed by atoms with Gasteiger partial charge in [0, 0.05) is 0 Å². The molecule has 5 atom stereocenters. The van der Waals surface area contributed by atoms with Crippen LogP contribution in [0.25, 0.3) is 0 Å². The van der Waals surface area contributed by atoms with E-state index >= 15 is 0 Å². The highest BCUT2D eigenvalue weighted by Gasteiger charge is 2.75. The maximum absolute atomic E-state index is 2.59. The second-order valence-corrected chi connectivity index (χ2v) is 6.78. The molecule has 3 rings (SSSR count). The third-order valence-electron chi connectivity index (χ3n) is 5.96. The number of hydrogen-bond acceptors (Lipinski definition) is 0. The van der Waals surface area contributed by atoms with Gasteiger partial charge in [-0.2, -0.15) is 0 Å². The lowest BCUT2D eigenvalue weighted by Crippen LogP contribution is -2.28. The molecule has 3 saturated carbocycles. The minimum atomic E-state index is 0.810. The Morgan fingerprint density at radius 2 is 1.71 bits per heavy atom. The minimum absolute atomic E-state index is 0.810. The van der Waals surface area contributed by atoms with Crippen LogP contribution in [0.3, 0.4) is 0 Å². The van der Waals surface area contributed by atoms with Gasteiger partial charge in [0.15, 0.2) is 0 Å². The maximum atomic E-state index is 2.59. The molecule has 0 aromatic rings. The Balaban J connectivity index is 1.70. The molecule has 14 heavy (non-hydrogen) atoms. The van der Waals surface area contributed by atoms with E-state index in [4.69, 9.17) is 0 Å². The Kier molecular flexibility index (Phi) is 1.70. The molecule has 3 fully saturated rings. The first kappa shape index (κ1) is 9.24. The minimum Gasteiger partial charge on any atom is -0.0625 e. The lowest BCUT2D eigenvalue weighted by atomic mass is 9.71. The Morgan fingerprint density at radius 3 is 2.21 bits per heavy atom. The zero-order valence-corrected chi connectivity index (χ0v) is 10.1. The summed E-state index contributed by atoms with van der Waals surface area (Å²) in [5.74, 6) is 6.37. The third-order valence-corrected chi connectivity index (χ3v) is 5.96. The molecule has 0 heterocycles. The number of fused-ring (bicyclic) bond motifs is 1. The summed E-state index contributed by atoms with van der Waals surface area (Å²) in [6.07, 6.45) is 4.69. The zero-order valence-electron chi connectivity index (χ0n) is 10.1. The van der Waals surface area contributed by atoms with Crippen molar-refractivity contribution in [3.63, 3.8) is 0 Å². The summed E-state index contributed by atoms with van der Waals surface area (Å²) in [6.45, 7) is 9.88. The van der Waals surface area contributed by atoms with Crippen molar-refractivity contribution >= 4 is 0 Å². The normalized spacial score (nSPS) is 52.5. The maximum Gasteiger partial charge on any atom is -0.0230 e. The lowest BCUT2D eigenvalue weighted by molar-refractivity contribution is 0.143. The predicted molar refractivity (Wildman–Crippen MR) is 59.9 cm³/mol. The molecule has 0 aliphatic heterocycles. The molecule has 0 N–H and O–H groups in total. The van der Waals surface area contributed by atoms with E-state index in [1.54, 1.807) is 19.3 Å². The van der Waals surface area contributed by atoms with Gasteiger partial charge in [0.05, 0.1) is 0 Å². The van der Waals surface area contributed by atoms with Crippen LogP contribution in [-0.4, -0.2) is 0 Å². The van der Waals surface area contributed by atoms with Crippen LogP contribution in [0.15, 0.2) is 0 Å². The van der Waals surface area contributed by atoms with Gasteiger partial charge in [-0.1, -0.05) is 27.7 Å². The summed E-state index contributed by atoms with van der Waals surface area (Å²) in [4.78, 5) is 0. The molecule has 3 aliphatic rings. The highest BCUT2D eigenvalue weighted by Crippen LogP contribution is 2.81. The largest absolute Gasteiger partial charge is 0.0625 e. The van der Waals surface area contributed by atoms with Gasteiger partial charge >= 0.3 is 0 Å². The topological polar surface area (TPSA) is 0 Å². The Morgan fingerprint density at radius 1 is 1.07 bits per heavy atom. The Hall–Kier alpha value is 0. The first-order valence-corrected chi connectivity index (χ1v) is 6.56. The third kappa shape index (κ3) is 0.955. The van der Waals surface area contributed by atoms with Gasteiger partial charge in [0.1, 0.15) is 0 Å². The van der Waals surface area contributed by atoms with E-state index in [0.29, 0.717) is 0 Å². The van der Waals surface area contributed by atoms with E-state index in [1.807, 2.05) is 0 Å². The van der Waals surface area contributed by atoms with E-state index in [-0.39, 0.29) is 0 Å². The Bertz CT molecular complexity index is 251. The highest BCUT2D eigenvalue weighted by atomic mass is 14.8. The molecule has 3 aliphatic carbocycles. The molecule has 0 aromatic carbocycles. The Labute approximate surface area is 88.5 Å². The van der Waals surface area contributed by atoms with Gasteiger partial charge in [-0.05, 0) is 60.2 Å². The van der Waals surface area contributed by atoms with Crippen molar-refractivity contribution in [1.82, 2.24) is 0 Å². The summed E-state index contributed by atoms with van der Waals surface area (Å²) in [6, 6.07) is 0. The van der Waals surface area contributed by atoms with Crippen LogP contribution in [0.2, 0.25) is 0 Å². The summed E-state index contributed by atoms with van der Waals surface area (Å²) >= 11 is 0. The average Bonchev–Trinajstić information content (AvgIpc) is 2.99. The molecule has 0 nitrogen and oxygen atoms in total. The molecule has 0 spiro atoms. The van der Waals surface area contributed by atoms with E-state index in [0.717, 1.165) is 40.9 Å². The van der Waals surface area contributed by atoms with Crippen LogP contribution >= 0.6 is 0 Å². The summed E-state index contributed by atoms with van der Waals surface area (Å²) in [5.41, 5.74) is 0.810. The molecular weight excluding hydrogens is 168 g/mol. The molecule has 0 aromatic heterocycles. The molecular formula is C14H24. The van der Waals surface area contributed by atoms with Gasteiger partial charge in [0.2, 0.25) is 0 Å². The second kappa shape index (κ2) is 2.57. The lowest BCUT2D eigenvalue weighted by Gasteiger charge is -2.34. The SMILES string of the molecule is CC(C)C(C)C1C2CC(C3CC3)C21C. The van der Waals surface area contributed by atoms with Gasteiger partial charge in [-0.15, -0.1) is 0 Å². The highest BCUT2D eigenvalue weighted by molar-refractivity contribution is 5.23. The quantitative estimate of drug-likeness (QED) is 0.635. The molecule has 80 valence electrons. The molecule has 0 heteroatoms. The van der Waals surface area contributed by atoms with E-state index in [2.05, 4.69) is 27.7 Å². The average molecular weight is 192 g/mol. The predicted octanol–water partition coefficient (Wildman–Crippen LogP) is 3.96. The summed E-state index contributed by atoms with van der Waals surface area (Å²) in [7, 11) is 0. The fourth-order valence-electron chi connectivity index (χ4n) is 4.50.